The predicted molar refractivity (Wildman–Crippen MR) is 231 cm³/mol. The van der Waals surface area contributed by atoms with E-state index in [1.165, 1.54) is 11.0 Å². The van der Waals surface area contributed by atoms with Crippen LogP contribution < -0.4 is 19.7 Å². The molecule has 1 spiro atoms. The standard InChI is InChI=1S/C45H47F3N10O5S/c1-55-40-20-31(35(48)19-32(40)43(53-55)58-15-11-41(59)52-44(58)60)26-2-4-29(5-3-26)56-16-12-45(13-17-56)21-27(22-45)39-24-50-37-8-6-30(18-38(37)51-39)63-42-33(23-49)36(9-7-34(42)47)54-64(61,62)57-14-10-28(46)25-57/h6-9,18-20,24,26-29,54H,2-5,10-17,21-22,25H2,1H3,(H,52,59,60)/t26?,28-,29?/m1/s1. The number of amides is 3. The van der Waals surface area contributed by atoms with Gasteiger partial charge in [0.25, 0.3) is 0 Å². The van der Waals surface area contributed by atoms with Gasteiger partial charge in [-0.3, -0.25) is 29.4 Å². The highest BCUT2D eigenvalue weighted by Gasteiger charge is 2.48. The van der Waals surface area contributed by atoms with Crippen molar-refractivity contribution in [3.8, 4) is 17.6 Å². The first-order chi connectivity index (χ1) is 30.8. The fourth-order valence-corrected chi connectivity index (χ4v) is 11.9. The number of imide groups is 1. The molecule has 5 heterocycles. The SMILES string of the molecule is Cn1nc(N2CCC(=O)NC2=O)c2cc(F)c(C3CCC(N4CCC5(CC4)CC(c4cnc6ccc(Oc7c(F)ccc(NS(=O)(=O)N8CC[C@@H](F)C8)c7C#N)cc6n4)C5)CC3)cc21. The molecule has 15 nitrogen and oxygen atoms in total. The first-order valence-electron chi connectivity index (χ1n) is 21.9. The highest BCUT2D eigenvalue weighted by atomic mass is 32.2. The molecule has 2 aliphatic carbocycles. The molecule has 0 unspecified atom stereocenters. The van der Waals surface area contributed by atoms with E-state index in [0.29, 0.717) is 33.8 Å². The number of piperidine rings is 1. The van der Waals surface area contributed by atoms with Gasteiger partial charge in [-0.25, -0.2) is 22.9 Å². The summed E-state index contributed by atoms with van der Waals surface area (Å²) >= 11 is 0. The number of halogens is 3. The molecule has 0 radical (unpaired) electrons. The molecule has 3 amide bonds. The third-order valence-electron chi connectivity index (χ3n) is 14.2. The number of nitrogens with zero attached hydrogens (tertiary/aromatic N) is 8. The van der Waals surface area contributed by atoms with Crippen LogP contribution in [0.25, 0.3) is 21.9 Å². The zero-order valence-corrected chi connectivity index (χ0v) is 36.0. The molecule has 10 rings (SSSR count). The highest BCUT2D eigenvalue weighted by molar-refractivity contribution is 7.90. The third-order valence-corrected chi connectivity index (χ3v) is 15.7. The van der Waals surface area contributed by atoms with Crippen molar-refractivity contribution in [3.63, 3.8) is 0 Å². The van der Waals surface area contributed by atoms with E-state index in [0.717, 1.165) is 92.1 Å². The summed E-state index contributed by atoms with van der Waals surface area (Å²) in [6, 6.07) is 12.2. The molecule has 334 valence electrons. The fraction of sp³-hybridized carbons (Fsp3) is 0.467. The molecule has 3 saturated heterocycles. The minimum absolute atomic E-state index is 0.0103. The molecular weight excluding hydrogens is 850 g/mol. The van der Waals surface area contributed by atoms with Gasteiger partial charge in [0.05, 0.1) is 27.9 Å². The molecule has 1 atom stereocenters. The molecule has 0 bridgehead atoms. The number of likely N-dealkylation sites (tertiary alicyclic amines) is 1. The molecule has 2 N–H and O–H groups in total. The number of carbonyl (C=O) groups is 2. The second-order valence-electron chi connectivity index (χ2n) is 18.0. The van der Waals surface area contributed by atoms with Crippen LogP contribution in [-0.4, -0.2) is 94.2 Å². The van der Waals surface area contributed by atoms with Crippen molar-refractivity contribution in [1.82, 2.24) is 34.3 Å². The Morgan fingerprint density at radius 1 is 0.938 bits per heavy atom. The normalized spacial score (nSPS) is 23.4. The van der Waals surface area contributed by atoms with Gasteiger partial charge in [0.2, 0.25) is 5.91 Å². The summed E-state index contributed by atoms with van der Waals surface area (Å²) in [5.74, 6) is -1.07. The first kappa shape index (κ1) is 42.1. The Kier molecular flexibility index (Phi) is 10.7. The van der Waals surface area contributed by atoms with E-state index in [1.807, 2.05) is 18.3 Å². The maximum atomic E-state index is 15.8. The number of fused-ring (bicyclic) bond motifs is 2. The van der Waals surface area contributed by atoms with Gasteiger partial charge in [-0.05, 0) is 124 Å². The van der Waals surface area contributed by atoms with Crippen LogP contribution in [0.1, 0.15) is 92.9 Å². The zero-order chi connectivity index (χ0) is 44.5. The van der Waals surface area contributed by atoms with Gasteiger partial charge in [-0.2, -0.15) is 23.1 Å². The lowest BCUT2D eigenvalue weighted by atomic mass is 9.56. The van der Waals surface area contributed by atoms with E-state index in [1.54, 1.807) is 29.9 Å². The minimum Gasteiger partial charge on any atom is -0.453 e. The van der Waals surface area contributed by atoms with Crippen LogP contribution in [0.5, 0.6) is 11.5 Å². The van der Waals surface area contributed by atoms with Crippen molar-refractivity contribution in [1.29, 1.82) is 5.26 Å². The Morgan fingerprint density at radius 2 is 1.72 bits per heavy atom. The average molecular weight is 897 g/mol. The molecule has 19 heteroatoms. The van der Waals surface area contributed by atoms with Crippen molar-refractivity contribution >= 4 is 55.6 Å². The fourth-order valence-electron chi connectivity index (χ4n) is 10.6. The predicted octanol–water partition coefficient (Wildman–Crippen LogP) is 7.29. The van der Waals surface area contributed by atoms with E-state index in [9.17, 15) is 27.7 Å². The van der Waals surface area contributed by atoms with E-state index in [2.05, 4.69) is 25.0 Å². The third kappa shape index (κ3) is 7.78. The molecule has 64 heavy (non-hydrogen) atoms. The molecule has 3 aliphatic heterocycles. The maximum Gasteiger partial charge on any atom is 0.329 e. The molecule has 2 aromatic heterocycles. The van der Waals surface area contributed by atoms with Crippen LogP contribution in [0.3, 0.4) is 0 Å². The molecular formula is C45H47F3N10O5S. The summed E-state index contributed by atoms with van der Waals surface area (Å²) in [6.07, 6.45) is 8.70. The number of anilines is 2. The van der Waals surface area contributed by atoms with Gasteiger partial charge in [0.1, 0.15) is 29.4 Å². The number of rotatable bonds is 9. The van der Waals surface area contributed by atoms with Gasteiger partial charge in [-0.15, -0.1) is 0 Å². The highest BCUT2D eigenvalue weighted by Crippen LogP contribution is 2.57. The number of ether oxygens (including phenoxy) is 1. The molecule has 5 fully saturated rings. The molecule has 3 aromatic carbocycles. The van der Waals surface area contributed by atoms with Crippen LogP contribution in [-0.2, 0) is 22.1 Å². The average Bonchev–Trinajstić information content (AvgIpc) is 3.86. The number of hydrogen-bond acceptors (Lipinski definition) is 10. The van der Waals surface area contributed by atoms with Crippen molar-refractivity contribution < 1.29 is 35.9 Å². The molecule has 5 aliphatic rings. The van der Waals surface area contributed by atoms with Gasteiger partial charge < -0.3 is 9.64 Å². The summed E-state index contributed by atoms with van der Waals surface area (Å²) in [7, 11) is -2.41. The number of alkyl halides is 1. The van der Waals surface area contributed by atoms with E-state index < -0.39 is 34.0 Å². The Hall–Kier alpha value is -5.84. The Bertz CT molecular complexity index is 2850. The van der Waals surface area contributed by atoms with E-state index >= 15 is 8.78 Å². The van der Waals surface area contributed by atoms with Crippen LogP contribution in [0.15, 0.2) is 48.7 Å². The lowest BCUT2D eigenvalue weighted by Gasteiger charge is -2.53. The van der Waals surface area contributed by atoms with Crippen molar-refractivity contribution in [2.24, 2.45) is 12.5 Å². The van der Waals surface area contributed by atoms with Crippen LogP contribution in [0.4, 0.5) is 29.5 Å². The van der Waals surface area contributed by atoms with Crippen molar-refractivity contribution in [2.45, 2.75) is 88.3 Å². The number of carbonyl (C=O) groups excluding carboxylic acids is 2. The number of nitriles is 1. The monoisotopic (exact) mass is 896 g/mol. The summed E-state index contributed by atoms with van der Waals surface area (Å²) in [5.41, 5.74) is 3.17. The van der Waals surface area contributed by atoms with Crippen LogP contribution in [0.2, 0.25) is 0 Å². The number of benzene rings is 3. The quantitative estimate of drug-likeness (QED) is 0.153. The maximum absolute atomic E-state index is 15.8. The summed E-state index contributed by atoms with van der Waals surface area (Å²) in [5, 5.41) is 17.4. The topological polar surface area (TPSA) is 179 Å². The first-order valence-corrected chi connectivity index (χ1v) is 23.3. The van der Waals surface area contributed by atoms with Gasteiger partial charge >= 0.3 is 16.2 Å². The van der Waals surface area contributed by atoms with E-state index in [-0.39, 0.29) is 78.5 Å². The second-order valence-corrected chi connectivity index (χ2v) is 19.7. The van der Waals surface area contributed by atoms with Gasteiger partial charge in [0, 0.05) is 62.7 Å². The van der Waals surface area contributed by atoms with Crippen LogP contribution >= 0.6 is 0 Å². The van der Waals surface area contributed by atoms with Gasteiger partial charge in [-0.1, -0.05) is 0 Å². The van der Waals surface area contributed by atoms with Crippen molar-refractivity contribution in [3.05, 3.63) is 77.1 Å². The summed E-state index contributed by atoms with van der Waals surface area (Å²) in [6.45, 7) is 1.91. The second kappa shape index (κ2) is 16.3. The largest absolute Gasteiger partial charge is 0.453 e. The minimum atomic E-state index is -4.19. The Balaban J connectivity index is 0.748. The van der Waals surface area contributed by atoms with Crippen LogP contribution in [0, 0.1) is 28.4 Å². The number of aryl methyl sites for hydroxylation is 1. The molecule has 5 aromatic rings. The number of nitrogens with one attached hydrogen (secondary N) is 2. The summed E-state index contributed by atoms with van der Waals surface area (Å²) < 4.78 is 81.3. The van der Waals surface area contributed by atoms with E-state index in [4.69, 9.17) is 9.72 Å². The number of hydrogen-bond donors (Lipinski definition) is 2. The van der Waals surface area contributed by atoms with Gasteiger partial charge in [0.15, 0.2) is 17.4 Å². The Morgan fingerprint density at radius 3 is 2.44 bits per heavy atom. The lowest BCUT2D eigenvalue weighted by molar-refractivity contribution is -0.120. The van der Waals surface area contributed by atoms with Crippen molar-refractivity contribution in [2.75, 3.05) is 42.3 Å². The molecule has 2 saturated carbocycles. The number of aromatic nitrogens is 4. The lowest BCUT2D eigenvalue weighted by Crippen LogP contribution is -2.50. The zero-order valence-electron chi connectivity index (χ0n) is 35.2. The smallest absolute Gasteiger partial charge is 0.329 e. The number of urea groups is 1. The summed E-state index contributed by atoms with van der Waals surface area (Å²) in [4.78, 5) is 37.8. The Labute approximate surface area is 367 Å².